The van der Waals surface area contributed by atoms with Gasteiger partial charge in [-0.2, -0.15) is 16.8 Å². The minimum absolute atomic E-state index is 0.0957. The third-order valence-corrected chi connectivity index (χ3v) is 6.18. The fourth-order valence-corrected chi connectivity index (χ4v) is 4.43. The van der Waals surface area contributed by atoms with Crippen molar-refractivity contribution in [3.05, 3.63) is 42.0 Å². The van der Waals surface area contributed by atoms with Gasteiger partial charge in [-0.3, -0.25) is 0 Å². The normalized spacial score (nSPS) is 12.2. The predicted octanol–water partition coefficient (Wildman–Crippen LogP) is 0.836. The molecule has 124 valence electrons. The second kappa shape index (κ2) is 5.72. The van der Waals surface area contributed by atoms with Gasteiger partial charge in [-0.15, -0.1) is 3.63 Å². The molecule has 0 fully saturated rings. The Morgan fingerprint density at radius 3 is 2.09 bits per heavy atom. The van der Waals surface area contributed by atoms with Gasteiger partial charge in [0.1, 0.15) is 4.90 Å². The van der Waals surface area contributed by atoms with Crippen LogP contribution in [0.3, 0.4) is 0 Å². The zero-order valence-corrected chi connectivity index (χ0v) is 13.7. The maximum Gasteiger partial charge on any atom is 0.313 e. The highest BCUT2D eigenvalue weighted by atomic mass is 32.3. The molecule has 8 nitrogen and oxygen atoms in total. The Hall–Kier alpha value is -2.30. The van der Waals surface area contributed by atoms with E-state index in [1.807, 2.05) is 0 Å². The van der Waals surface area contributed by atoms with E-state index in [0.29, 0.717) is 5.56 Å². The van der Waals surface area contributed by atoms with Crippen LogP contribution in [0.15, 0.2) is 46.2 Å². The summed E-state index contributed by atoms with van der Waals surface area (Å²) in [5.74, 6) is 0. The van der Waals surface area contributed by atoms with Gasteiger partial charge in [0.25, 0.3) is 0 Å². The SMILES string of the molecule is Cc1ccc(S(=O)(=O)OS(=O)(=O)c2cc(N)ccc2N)cc1N. The van der Waals surface area contributed by atoms with E-state index in [0.717, 1.165) is 12.1 Å². The van der Waals surface area contributed by atoms with Gasteiger partial charge in [0.05, 0.1) is 10.6 Å². The van der Waals surface area contributed by atoms with Crippen LogP contribution in [-0.4, -0.2) is 16.8 Å². The highest BCUT2D eigenvalue weighted by Crippen LogP contribution is 2.27. The molecule has 0 aliphatic carbocycles. The molecule has 0 aliphatic rings. The summed E-state index contributed by atoms with van der Waals surface area (Å²) in [4.78, 5) is -0.909. The van der Waals surface area contributed by atoms with Crippen molar-refractivity contribution < 1.29 is 20.5 Å². The van der Waals surface area contributed by atoms with E-state index in [9.17, 15) is 16.8 Å². The van der Waals surface area contributed by atoms with Gasteiger partial charge in [-0.05, 0) is 42.8 Å². The molecule has 0 spiro atoms. The number of rotatable bonds is 4. The zero-order valence-electron chi connectivity index (χ0n) is 12.1. The number of hydrogen-bond donors (Lipinski definition) is 3. The van der Waals surface area contributed by atoms with Crippen molar-refractivity contribution in [3.63, 3.8) is 0 Å². The molecule has 2 rings (SSSR count). The molecule has 0 aliphatic heterocycles. The summed E-state index contributed by atoms with van der Waals surface area (Å²) in [6.45, 7) is 1.68. The van der Waals surface area contributed by atoms with Crippen LogP contribution in [0.1, 0.15) is 5.56 Å². The van der Waals surface area contributed by atoms with Crippen LogP contribution in [0, 0.1) is 6.92 Å². The molecule has 0 unspecified atom stereocenters. The third kappa shape index (κ3) is 3.55. The van der Waals surface area contributed by atoms with Gasteiger partial charge in [0, 0.05) is 11.4 Å². The van der Waals surface area contributed by atoms with E-state index in [2.05, 4.69) is 3.63 Å². The molecule has 2 aromatic rings. The second-order valence-corrected chi connectivity index (χ2v) is 8.06. The van der Waals surface area contributed by atoms with E-state index >= 15 is 0 Å². The van der Waals surface area contributed by atoms with E-state index in [1.165, 1.54) is 24.3 Å². The lowest BCUT2D eigenvalue weighted by atomic mass is 10.2. The first-order chi connectivity index (χ1) is 10.5. The molecule has 23 heavy (non-hydrogen) atoms. The number of aryl methyl sites for hydroxylation is 1. The summed E-state index contributed by atoms with van der Waals surface area (Å²) in [7, 11) is -9.28. The number of anilines is 3. The molecule has 0 saturated carbocycles. The first-order valence-corrected chi connectivity index (χ1v) is 9.07. The van der Waals surface area contributed by atoms with Crippen LogP contribution in [0.25, 0.3) is 0 Å². The molecule has 0 saturated heterocycles. The van der Waals surface area contributed by atoms with Crippen molar-refractivity contribution in [3.8, 4) is 0 Å². The summed E-state index contributed by atoms with van der Waals surface area (Å²) in [5, 5.41) is 0. The molecule has 0 bridgehead atoms. The second-order valence-electron chi connectivity index (χ2n) is 4.79. The molecule has 0 aromatic heterocycles. The summed E-state index contributed by atoms with van der Waals surface area (Å²) < 4.78 is 53.0. The zero-order chi connectivity index (χ0) is 17.4. The molecule has 0 radical (unpaired) electrons. The topological polar surface area (TPSA) is 156 Å². The molecular formula is C13H15N3O5S2. The van der Waals surface area contributed by atoms with Crippen molar-refractivity contribution in [1.29, 1.82) is 0 Å². The lowest BCUT2D eigenvalue weighted by molar-refractivity contribution is 0.462. The summed E-state index contributed by atoms with van der Waals surface area (Å²) >= 11 is 0. The van der Waals surface area contributed by atoms with Crippen molar-refractivity contribution in [2.75, 3.05) is 17.2 Å². The van der Waals surface area contributed by atoms with Gasteiger partial charge in [-0.1, -0.05) is 6.07 Å². The molecular weight excluding hydrogens is 342 g/mol. The fraction of sp³-hybridized carbons (Fsp3) is 0.0769. The quantitative estimate of drug-likeness (QED) is 0.679. The van der Waals surface area contributed by atoms with Gasteiger partial charge in [0.15, 0.2) is 0 Å². The number of benzene rings is 2. The smallest absolute Gasteiger partial charge is 0.313 e. The average molecular weight is 357 g/mol. The van der Waals surface area contributed by atoms with Crippen molar-refractivity contribution in [2.45, 2.75) is 16.7 Å². The van der Waals surface area contributed by atoms with E-state index in [4.69, 9.17) is 17.2 Å². The minimum Gasteiger partial charge on any atom is -0.399 e. The minimum atomic E-state index is -4.68. The fourth-order valence-electron chi connectivity index (χ4n) is 1.74. The molecule has 10 heteroatoms. The average Bonchev–Trinajstić information content (AvgIpc) is 2.43. The Morgan fingerprint density at radius 2 is 1.48 bits per heavy atom. The monoisotopic (exact) mass is 357 g/mol. The van der Waals surface area contributed by atoms with Crippen LogP contribution in [0.5, 0.6) is 0 Å². The van der Waals surface area contributed by atoms with Crippen molar-refractivity contribution in [2.24, 2.45) is 0 Å². The third-order valence-electron chi connectivity index (χ3n) is 3.03. The standard InChI is InChI=1S/C13H15N3O5S2/c1-8-2-4-10(7-12(8)16)22(17,18)21-23(19,20)13-6-9(14)3-5-11(13)15/h2-7H,14-16H2,1H3. The lowest BCUT2D eigenvalue weighted by Gasteiger charge is -2.10. The van der Waals surface area contributed by atoms with Crippen LogP contribution in [0.4, 0.5) is 17.1 Å². The highest BCUT2D eigenvalue weighted by Gasteiger charge is 2.28. The van der Waals surface area contributed by atoms with Crippen LogP contribution in [-0.2, 0) is 23.9 Å². The van der Waals surface area contributed by atoms with Gasteiger partial charge >= 0.3 is 20.2 Å². The van der Waals surface area contributed by atoms with Crippen LogP contribution < -0.4 is 17.2 Å². The van der Waals surface area contributed by atoms with Gasteiger partial charge < -0.3 is 17.2 Å². The molecule has 0 amide bonds. The Balaban J connectivity index is 2.46. The molecule has 6 N–H and O–H groups in total. The number of hydrogen-bond acceptors (Lipinski definition) is 8. The molecule has 0 atom stereocenters. The maximum absolute atomic E-state index is 12.2. The van der Waals surface area contributed by atoms with Crippen LogP contribution in [0.2, 0.25) is 0 Å². The van der Waals surface area contributed by atoms with Crippen LogP contribution >= 0.6 is 0 Å². The Labute approximate surface area is 134 Å². The van der Waals surface area contributed by atoms with Gasteiger partial charge in [0.2, 0.25) is 0 Å². The Kier molecular flexibility index (Phi) is 4.24. The first-order valence-electron chi connectivity index (χ1n) is 6.25. The summed E-state index contributed by atoms with van der Waals surface area (Å²) in [6.07, 6.45) is 0. The summed E-state index contributed by atoms with van der Waals surface area (Å²) in [5.41, 5.74) is 17.4. The van der Waals surface area contributed by atoms with E-state index in [1.54, 1.807) is 6.92 Å². The van der Waals surface area contributed by atoms with Crippen molar-refractivity contribution in [1.82, 2.24) is 0 Å². The highest BCUT2D eigenvalue weighted by molar-refractivity contribution is 8.00. The van der Waals surface area contributed by atoms with Gasteiger partial charge in [-0.25, -0.2) is 0 Å². The predicted molar refractivity (Wildman–Crippen MR) is 86.3 cm³/mol. The summed E-state index contributed by atoms with van der Waals surface area (Å²) in [6, 6.07) is 7.38. The Bertz CT molecular complexity index is 969. The van der Waals surface area contributed by atoms with E-state index in [-0.39, 0.29) is 22.0 Å². The maximum atomic E-state index is 12.2. The molecule has 0 heterocycles. The largest absolute Gasteiger partial charge is 0.399 e. The number of nitrogen functional groups attached to an aromatic ring is 3. The van der Waals surface area contributed by atoms with E-state index < -0.39 is 25.1 Å². The first kappa shape index (κ1) is 17.1. The lowest BCUT2D eigenvalue weighted by Crippen LogP contribution is -2.16. The molecule has 2 aromatic carbocycles. The van der Waals surface area contributed by atoms with Crippen molar-refractivity contribution >= 4 is 37.3 Å². The Morgan fingerprint density at radius 1 is 0.826 bits per heavy atom. The number of nitrogens with two attached hydrogens (primary N) is 3.